The summed E-state index contributed by atoms with van der Waals surface area (Å²) in [4.78, 5) is 27.3. The molecule has 0 aliphatic rings. The van der Waals surface area contributed by atoms with Crippen LogP contribution in [0.15, 0.2) is 72.8 Å². The van der Waals surface area contributed by atoms with Crippen molar-refractivity contribution in [1.82, 2.24) is 14.8 Å². The number of non-ortho nitro benzene ring substituents is 1. The summed E-state index contributed by atoms with van der Waals surface area (Å²) in [5.74, 6) is -0.350. The second-order valence-corrected chi connectivity index (χ2v) is 6.88. The van der Waals surface area contributed by atoms with Crippen molar-refractivity contribution in [3.05, 3.63) is 94.3 Å². The summed E-state index contributed by atoms with van der Waals surface area (Å²) in [5, 5.41) is 18.0. The average Bonchev–Trinajstić information content (AvgIpc) is 3.24. The number of benzene rings is 3. The van der Waals surface area contributed by atoms with E-state index in [9.17, 15) is 19.3 Å². The molecule has 4 aromatic rings. The van der Waals surface area contributed by atoms with E-state index in [1.807, 2.05) is 6.92 Å². The third kappa shape index (κ3) is 4.85. The highest BCUT2D eigenvalue weighted by Crippen LogP contribution is 2.25. The van der Waals surface area contributed by atoms with Crippen molar-refractivity contribution in [3.8, 4) is 23.1 Å². The van der Waals surface area contributed by atoms with Crippen LogP contribution in [0.5, 0.6) is 6.01 Å². The van der Waals surface area contributed by atoms with E-state index in [0.717, 1.165) is 0 Å². The predicted molar refractivity (Wildman–Crippen MR) is 119 cm³/mol. The fraction of sp³-hybridized carbons (Fsp3) is 0.0870. The van der Waals surface area contributed by atoms with Crippen molar-refractivity contribution in [2.45, 2.75) is 6.92 Å². The minimum Gasteiger partial charge on any atom is -0.463 e. The van der Waals surface area contributed by atoms with Gasteiger partial charge >= 0.3 is 6.01 Å². The number of carbonyl (C=O) groups is 1. The largest absolute Gasteiger partial charge is 0.463 e. The number of hydrogen-bond donors (Lipinski definition) is 1. The van der Waals surface area contributed by atoms with Gasteiger partial charge in [-0.3, -0.25) is 14.9 Å². The van der Waals surface area contributed by atoms with Crippen LogP contribution in [0.2, 0.25) is 0 Å². The second kappa shape index (κ2) is 9.27. The normalized spacial score (nSPS) is 10.6. The fourth-order valence-electron chi connectivity index (χ4n) is 3.10. The first-order valence-electron chi connectivity index (χ1n) is 9.96. The second-order valence-electron chi connectivity index (χ2n) is 6.88. The van der Waals surface area contributed by atoms with E-state index in [0.29, 0.717) is 29.4 Å². The standard InChI is InChI=1S/C23H18FN5O4/c1-2-33-23-26-21(15-6-10-17(24)11-7-15)28(27-23)20-5-3-4-18(14-20)25-22(30)16-8-12-19(13-9-16)29(31)32/h3-14H,2H2,1H3,(H,25,30). The SMILES string of the molecule is CCOc1nc(-c2ccc(F)cc2)n(-c2cccc(NC(=O)c3ccc([N+](=O)[O-])cc3)c2)n1. The van der Waals surface area contributed by atoms with Crippen LogP contribution in [0.1, 0.15) is 17.3 Å². The first-order valence-corrected chi connectivity index (χ1v) is 9.96. The molecule has 10 heteroatoms. The lowest BCUT2D eigenvalue weighted by molar-refractivity contribution is -0.384. The number of carbonyl (C=O) groups excluding carboxylic acids is 1. The molecule has 9 nitrogen and oxygen atoms in total. The zero-order valence-corrected chi connectivity index (χ0v) is 17.4. The molecule has 1 heterocycles. The maximum atomic E-state index is 13.4. The molecular weight excluding hydrogens is 429 g/mol. The van der Waals surface area contributed by atoms with Gasteiger partial charge in [0.25, 0.3) is 11.6 Å². The Morgan fingerprint density at radius 3 is 2.52 bits per heavy atom. The van der Waals surface area contributed by atoms with E-state index in [4.69, 9.17) is 4.74 Å². The van der Waals surface area contributed by atoms with Gasteiger partial charge in [-0.25, -0.2) is 9.07 Å². The molecule has 0 aliphatic heterocycles. The molecule has 0 radical (unpaired) electrons. The van der Waals surface area contributed by atoms with Gasteiger partial charge in [-0.15, -0.1) is 5.10 Å². The topological polar surface area (TPSA) is 112 Å². The highest BCUT2D eigenvalue weighted by atomic mass is 19.1. The summed E-state index contributed by atoms with van der Waals surface area (Å²) >= 11 is 0. The van der Waals surface area contributed by atoms with Crippen LogP contribution in [-0.2, 0) is 0 Å². The quantitative estimate of drug-likeness (QED) is 0.326. The molecule has 1 N–H and O–H groups in total. The first kappa shape index (κ1) is 21.6. The van der Waals surface area contributed by atoms with Crippen LogP contribution in [-0.4, -0.2) is 32.2 Å². The molecule has 1 amide bonds. The van der Waals surface area contributed by atoms with E-state index >= 15 is 0 Å². The molecule has 166 valence electrons. The van der Waals surface area contributed by atoms with E-state index in [1.54, 1.807) is 41.1 Å². The number of nitro benzene ring substituents is 1. The summed E-state index contributed by atoms with van der Waals surface area (Å²) < 4.78 is 20.4. The maximum Gasteiger partial charge on any atom is 0.336 e. The Hall–Kier alpha value is -4.60. The molecule has 4 rings (SSSR count). The number of rotatable bonds is 7. The number of amides is 1. The maximum absolute atomic E-state index is 13.4. The average molecular weight is 447 g/mol. The lowest BCUT2D eigenvalue weighted by Crippen LogP contribution is -2.12. The van der Waals surface area contributed by atoms with Crippen molar-refractivity contribution >= 4 is 17.3 Å². The third-order valence-electron chi connectivity index (χ3n) is 4.65. The van der Waals surface area contributed by atoms with Crippen LogP contribution < -0.4 is 10.1 Å². The van der Waals surface area contributed by atoms with Crippen molar-refractivity contribution in [2.75, 3.05) is 11.9 Å². The van der Waals surface area contributed by atoms with Crippen molar-refractivity contribution in [3.63, 3.8) is 0 Å². The Morgan fingerprint density at radius 1 is 1.12 bits per heavy atom. The van der Waals surface area contributed by atoms with E-state index in [-0.39, 0.29) is 23.1 Å². The van der Waals surface area contributed by atoms with Crippen molar-refractivity contribution in [1.29, 1.82) is 0 Å². The monoisotopic (exact) mass is 447 g/mol. The summed E-state index contributed by atoms with van der Waals surface area (Å²) in [6.07, 6.45) is 0. The lowest BCUT2D eigenvalue weighted by atomic mass is 10.2. The molecule has 0 aliphatic carbocycles. The molecule has 0 fully saturated rings. The van der Waals surface area contributed by atoms with Gasteiger partial charge in [0.2, 0.25) is 0 Å². The molecule has 3 aromatic carbocycles. The van der Waals surface area contributed by atoms with Gasteiger partial charge in [0.15, 0.2) is 5.82 Å². The highest BCUT2D eigenvalue weighted by molar-refractivity contribution is 6.04. The third-order valence-corrected chi connectivity index (χ3v) is 4.65. The summed E-state index contributed by atoms with van der Waals surface area (Å²) in [6, 6.07) is 18.2. The van der Waals surface area contributed by atoms with Gasteiger partial charge in [-0.1, -0.05) is 6.07 Å². The molecule has 1 aromatic heterocycles. The molecule has 0 atom stereocenters. The van der Waals surface area contributed by atoms with Crippen LogP contribution >= 0.6 is 0 Å². The zero-order chi connectivity index (χ0) is 23.4. The lowest BCUT2D eigenvalue weighted by Gasteiger charge is -2.09. The Labute approximate surface area is 187 Å². The Balaban J connectivity index is 1.64. The number of nitro groups is 1. The van der Waals surface area contributed by atoms with Gasteiger partial charge in [-0.2, -0.15) is 4.98 Å². The van der Waals surface area contributed by atoms with Gasteiger partial charge in [-0.05, 0) is 61.5 Å². The fourth-order valence-corrected chi connectivity index (χ4v) is 3.10. The Morgan fingerprint density at radius 2 is 1.85 bits per heavy atom. The number of ether oxygens (including phenoxy) is 1. The minimum atomic E-state index is -0.529. The van der Waals surface area contributed by atoms with Gasteiger partial charge in [0, 0.05) is 28.9 Å². The minimum absolute atomic E-state index is 0.0989. The molecule has 0 saturated heterocycles. The number of halogens is 1. The number of nitrogens with one attached hydrogen (secondary N) is 1. The molecule has 0 saturated carbocycles. The van der Waals surface area contributed by atoms with Crippen LogP contribution in [0.3, 0.4) is 0 Å². The van der Waals surface area contributed by atoms with Crippen molar-refractivity contribution < 1.29 is 18.8 Å². The van der Waals surface area contributed by atoms with Crippen LogP contribution in [0.25, 0.3) is 17.1 Å². The highest BCUT2D eigenvalue weighted by Gasteiger charge is 2.16. The molecule has 33 heavy (non-hydrogen) atoms. The van der Waals surface area contributed by atoms with Gasteiger partial charge < -0.3 is 10.1 Å². The van der Waals surface area contributed by atoms with Crippen LogP contribution in [0.4, 0.5) is 15.8 Å². The van der Waals surface area contributed by atoms with Crippen molar-refractivity contribution in [2.24, 2.45) is 0 Å². The van der Waals surface area contributed by atoms with E-state index < -0.39 is 10.8 Å². The summed E-state index contributed by atoms with van der Waals surface area (Å²) in [7, 11) is 0. The Kier molecular flexibility index (Phi) is 6.07. The zero-order valence-electron chi connectivity index (χ0n) is 17.4. The predicted octanol–water partition coefficient (Wildman–Crippen LogP) is 4.63. The van der Waals surface area contributed by atoms with E-state index in [1.165, 1.54) is 36.4 Å². The Bertz CT molecular complexity index is 1300. The molecular formula is C23H18FN5O4. The number of hydrogen-bond acceptors (Lipinski definition) is 6. The van der Waals surface area contributed by atoms with Gasteiger partial charge in [0.05, 0.1) is 17.2 Å². The van der Waals surface area contributed by atoms with E-state index in [2.05, 4.69) is 15.4 Å². The van der Waals surface area contributed by atoms with Crippen LogP contribution in [0, 0.1) is 15.9 Å². The molecule has 0 bridgehead atoms. The molecule has 0 spiro atoms. The summed E-state index contributed by atoms with van der Waals surface area (Å²) in [5.41, 5.74) is 1.88. The smallest absolute Gasteiger partial charge is 0.336 e. The van der Waals surface area contributed by atoms with Gasteiger partial charge in [0.1, 0.15) is 5.82 Å². The molecule has 0 unspecified atom stereocenters. The number of anilines is 1. The first-order chi connectivity index (χ1) is 15.9. The number of nitrogens with zero attached hydrogens (tertiary/aromatic N) is 4. The summed E-state index contributed by atoms with van der Waals surface area (Å²) in [6.45, 7) is 2.19. The number of aromatic nitrogens is 3.